The average molecular weight is 378 g/mol. The summed E-state index contributed by atoms with van der Waals surface area (Å²) < 4.78 is 0. The number of carbonyl (C=O) groups is 2. The fourth-order valence-corrected chi connectivity index (χ4v) is 3.27. The highest BCUT2D eigenvalue weighted by Gasteiger charge is 2.28. The Kier molecular flexibility index (Phi) is 4.79. The monoisotopic (exact) mass is 378 g/mol. The van der Waals surface area contributed by atoms with E-state index < -0.39 is 5.97 Å². The Balaban J connectivity index is 1.48. The fraction of sp³-hybridized carbons (Fsp3) is 0.263. The molecular weight excluding hydrogens is 360 g/mol. The molecule has 9 heteroatoms. The second-order valence-electron chi connectivity index (χ2n) is 6.59. The highest BCUT2D eigenvalue weighted by Crippen LogP contribution is 2.26. The summed E-state index contributed by atoms with van der Waals surface area (Å²) in [6, 6.07) is 9.70. The Bertz CT molecular complexity index is 986. The summed E-state index contributed by atoms with van der Waals surface area (Å²) in [5, 5.41) is 16.2. The van der Waals surface area contributed by atoms with Crippen molar-refractivity contribution in [1.29, 1.82) is 0 Å². The van der Waals surface area contributed by atoms with Crippen LogP contribution in [0.4, 0.5) is 0 Å². The Hall–Kier alpha value is -3.62. The van der Waals surface area contributed by atoms with Gasteiger partial charge >= 0.3 is 5.97 Å². The molecule has 3 heterocycles. The third-order valence-corrected chi connectivity index (χ3v) is 4.72. The highest BCUT2D eigenvalue weighted by molar-refractivity contribution is 5.92. The lowest BCUT2D eigenvalue weighted by atomic mass is 9.97. The van der Waals surface area contributed by atoms with Gasteiger partial charge in [-0.25, -0.2) is 19.7 Å². The van der Waals surface area contributed by atoms with Crippen molar-refractivity contribution < 1.29 is 14.7 Å². The van der Waals surface area contributed by atoms with Crippen LogP contribution in [0.15, 0.2) is 42.7 Å². The predicted molar refractivity (Wildman–Crippen MR) is 98.7 cm³/mol. The summed E-state index contributed by atoms with van der Waals surface area (Å²) in [4.78, 5) is 37.6. The van der Waals surface area contributed by atoms with E-state index in [1.165, 1.54) is 6.20 Å². The zero-order valence-corrected chi connectivity index (χ0v) is 14.9. The third-order valence-electron chi connectivity index (χ3n) is 4.72. The second kappa shape index (κ2) is 7.55. The van der Waals surface area contributed by atoms with Crippen LogP contribution in [0.3, 0.4) is 0 Å². The van der Waals surface area contributed by atoms with Crippen LogP contribution in [-0.2, 0) is 0 Å². The van der Waals surface area contributed by atoms with Gasteiger partial charge in [0.25, 0.3) is 5.91 Å². The van der Waals surface area contributed by atoms with Crippen LogP contribution in [0, 0.1) is 0 Å². The third kappa shape index (κ3) is 3.59. The van der Waals surface area contributed by atoms with Gasteiger partial charge in [-0.3, -0.25) is 9.89 Å². The maximum absolute atomic E-state index is 12.7. The number of aromatic amines is 1. The van der Waals surface area contributed by atoms with Crippen molar-refractivity contribution in [2.24, 2.45) is 0 Å². The Morgan fingerprint density at radius 1 is 1.11 bits per heavy atom. The lowest BCUT2D eigenvalue weighted by Crippen LogP contribution is -2.39. The summed E-state index contributed by atoms with van der Waals surface area (Å²) in [6.07, 6.45) is 4.03. The van der Waals surface area contributed by atoms with Gasteiger partial charge in [0.15, 0.2) is 11.5 Å². The summed E-state index contributed by atoms with van der Waals surface area (Å²) in [5.41, 5.74) is 0.874. The number of carboxylic acids is 1. The van der Waals surface area contributed by atoms with Crippen LogP contribution >= 0.6 is 0 Å². The van der Waals surface area contributed by atoms with Crippen LogP contribution in [0.25, 0.3) is 11.4 Å². The molecule has 0 spiro atoms. The first-order chi connectivity index (χ1) is 13.6. The van der Waals surface area contributed by atoms with Crippen LogP contribution < -0.4 is 0 Å². The summed E-state index contributed by atoms with van der Waals surface area (Å²) >= 11 is 0. The molecule has 1 saturated heterocycles. The van der Waals surface area contributed by atoms with Gasteiger partial charge < -0.3 is 10.0 Å². The molecule has 1 atom stereocenters. The van der Waals surface area contributed by atoms with E-state index in [1.54, 1.807) is 4.90 Å². The van der Waals surface area contributed by atoms with Crippen molar-refractivity contribution in [3.8, 4) is 11.4 Å². The number of aromatic nitrogens is 5. The molecule has 1 fully saturated rings. The maximum atomic E-state index is 12.7. The number of nitrogens with one attached hydrogen (secondary N) is 1. The van der Waals surface area contributed by atoms with Crippen molar-refractivity contribution >= 4 is 11.9 Å². The van der Waals surface area contributed by atoms with Crippen LogP contribution in [0.5, 0.6) is 0 Å². The van der Waals surface area contributed by atoms with Crippen LogP contribution in [0.2, 0.25) is 0 Å². The number of rotatable bonds is 4. The zero-order chi connectivity index (χ0) is 19.5. The number of aromatic carboxylic acids is 1. The molecule has 1 amide bonds. The molecule has 9 nitrogen and oxygen atoms in total. The number of hydrogen-bond acceptors (Lipinski definition) is 6. The number of hydrogen-bond donors (Lipinski definition) is 2. The number of nitrogens with zero attached hydrogens (tertiary/aromatic N) is 5. The molecule has 4 rings (SSSR count). The van der Waals surface area contributed by atoms with Gasteiger partial charge in [-0.05, 0) is 12.8 Å². The first-order valence-electron chi connectivity index (χ1n) is 8.94. The van der Waals surface area contributed by atoms with Gasteiger partial charge in [-0.2, -0.15) is 5.10 Å². The maximum Gasteiger partial charge on any atom is 0.356 e. The summed E-state index contributed by atoms with van der Waals surface area (Å²) in [5.74, 6) is -0.00670. The van der Waals surface area contributed by atoms with E-state index >= 15 is 0 Å². The lowest BCUT2D eigenvalue weighted by molar-refractivity contribution is 0.0676. The van der Waals surface area contributed by atoms with Crippen molar-refractivity contribution in [3.63, 3.8) is 0 Å². The Morgan fingerprint density at radius 2 is 1.86 bits per heavy atom. The molecule has 0 saturated carbocycles. The lowest BCUT2D eigenvalue weighted by Gasteiger charge is -2.31. The van der Waals surface area contributed by atoms with E-state index in [-0.39, 0.29) is 23.2 Å². The Labute approximate surface area is 160 Å². The molecule has 1 aliphatic heterocycles. The van der Waals surface area contributed by atoms with Gasteiger partial charge in [0, 0.05) is 24.6 Å². The molecule has 0 bridgehead atoms. The van der Waals surface area contributed by atoms with Crippen molar-refractivity contribution in [2.75, 3.05) is 13.1 Å². The minimum absolute atomic E-state index is 0.0499. The Morgan fingerprint density at radius 3 is 2.57 bits per heavy atom. The van der Waals surface area contributed by atoms with E-state index in [0.717, 1.165) is 30.4 Å². The normalized spacial score (nSPS) is 16.7. The number of carbonyl (C=O) groups excluding carboxylic acids is 1. The minimum atomic E-state index is -1.18. The molecule has 2 aromatic heterocycles. The number of amides is 1. The molecule has 2 N–H and O–H groups in total. The van der Waals surface area contributed by atoms with E-state index in [4.69, 9.17) is 5.11 Å². The number of H-pyrrole nitrogens is 1. The molecule has 3 aromatic rings. The van der Waals surface area contributed by atoms with Crippen molar-refractivity contribution in [2.45, 2.75) is 18.8 Å². The number of benzene rings is 1. The number of piperidine rings is 1. The van der Waals surface area contributed by atoms with E-state index in [2.05, 4.69) is 25.1 Å². The van der Waals surface area contributed by atoms with Gasteiger partial charge in [0.1, 0.15) is 11.5 Å². The molecule has 1 aliphatic rings. The second-order valence-corrected chi connectivity index (χ2v) is 6.59. The largest absolute Gasteiger partial charge is 0.476 e. The van der Waals surface area contributed by atoms with Crippen LogP contribution in [-0.4, -0.2) is 60.1 Å². The summed E-state index contributed by atoms with van der Waals surface area (Å²) in [7, 11) is 0. The molecular formula is C19H18N6O3. The molecule has 28 heavy (non-hydrogen) atoms. The SMILES string of the molecule is O=C(O)c1cnc(C(=O)N2CCCC(c3nc(-c4ccccc4)n[nH]3)C2)cn1. The van der Waals surface area contributed by atoms with Crippen molar-refractivity contribution in [1.82, 2.24) is 30.0 Å². The molecule has 1 unspecified atom stereocenters. The van der Waals surface area contributed by atoms with Gasteiger partial charge in [-0.15, -0.1) is 0 Å². The number of likely N-dealkylation sites (tertiary alicyclic amines) is 1. The summed E-state index contributed by atoms with van der Waals surface area (Å²) in [6.45, 7) is 1.10. The fourth-order valence-electron chi connectivity index (χ4n) is 3.27. The molecule has 0 aliphatic carbocycles. The molecule has 142 valence electrons. The zero-order valence-electron chi connectivity index (χ0n) is 14.9. The minimum Gasteiger partial charge on any atom is -0.476 e. The predicted octanol–water partition coefficient (Wildman–Crippen LogP) is 1.98. The number of carboxylic acid groups (broad SMARTS) is 1. The van der Waals surface area contributed by atoms with Gasteiger partial charge in [-0.1, -0.05) is 30.3 Å². The quantitative estimate of drug-likeness (QED) is 0.711. The van der Waals surface area contributed by atoms with E-state index in [9.17, 15) is 9.59 Å². The van der Waals surface area contributed by atoms with Gasteiger partial charge in [0.05, 0.1) is 12.4 Å². The van der Waals surface area contributed by atoms with Crippen molar-refractivity contribution in [3.05, 3.63) is 59.9 Å². The smallest absolute Gasteiger partial charge is 0.356 e. The average Bonchev–Trinajstić information content (AvgIpc) is 3.24. The highest BCUT2D eigenvalue weighted by atomic mass is 16.4. The van der Waals surface area contributed by atoms with E-state index in [1.807, 2.05) is 30.3 Å². The first-order valence-corrected chi connectivity index (χ1v) is 8.94. The van der Waals surface area contributed by atoms with E-state index in [0.29, 0.717) is 18.9 Å². The van der Waals surface area contributed by atoms with Gasteiger partial charge in [0.2, 0.25) is 0 Å². The molecule has 1 aromatic carbocycles. The molecule has 0 radical (unpaired) electrons. The first kappa shape index (κ1) is 17.8. The van der Waals surface area contributed by atoms with Crippen LogP contribution in [0.1, 0.15) is 45.6 Å². The topological polar surface area (TPSA) is 125 Å². The standard InChI is InChI=1S/C19H18N6O3/c26-18(14-9-21-15(10-20-14)19(27)28)25-8-4-7-13(11-25)17-22-16(23-24-17)12-5-2-1-3-6-12/h1-3,5-6,9-10,13H,4,7-8,11H2,(H,27,28)(H,22,23,24).